The lowest BCUT2D eigenvalue weighted by Crippen LogP contribution is -2.46. The van der Waals surface area contributed by atoms with Crippen molar-refractivity contribution in [1.29, 1.82) is 0 Å². The van der Waals surface area contributed by atoms with Gasteiger partial charge in [-0.25, -0.2) is 0 Å². The van der Waals surface area contributed by atoms with E-state index in [9.17, 15) is 9.59 Å². The van der Waals surface area contributed by atoms with Crippen LogP contribution >= 0.6 is 11.3 Å². The molecule has 3 aromatic rings. The average Bonchev–Trinajstić information content (AvgIpc) is 3.33. The number of carbonyl (C=O) groups excluding carboxylic acids is 2. The number of hydrogen-bond acceptors (Lipinski definition) is 4. The molecule has 2 atom stereocenters. The molecule has 6 heteroatoms. The number of ether oxygens (including phenoxy) is 1. The number of rotatable bonds is 5. The number of aryl methyl sites for hydroxylation is 1. The first-order chi connectivity index (χ1) is 16.2. The van der Waals surface area contributed by atoms with Crippen LogP contribution in [0.1, 0.15) is 55.7 Å². The van der Waals surface area contributed by atoms with Crippen LogP contribution in [0.3, 0.4) is 0 Å². The number of benzene rings is 2. The number of methoxy groups -OCH3 is 1. The maximum atomic E-state index is 13.7. The lowest BCUT2D eigenvalue weighted by molar-refractivity contribution is -0.125. The highest BCUT2D eigenvalue weighted by molar-refractivity contribution is 7.10. The highest BCUT2D eigenvalue weighted by atomic mass is 32.1. The van der Waals surface area contributed by atoms with Crippen molar-refractivity contribution in [2.45, 2.75) is 52.0 Å². The molecule has 1 N–H and O–H groups in total. The van der Waals surface area contributed by atoms with Crippen molar-refractivity contribution < 1.29 is 14.3 Å². The standard InChI is InChI=1S/C28H32N2O3S/c1-18-8-11-20(12-9-18)30-25(31)15-13-21(26(30)24-7-6-16-34-24)27(32)29-22-17-19(28(2,3)4)10-14-23(22)33-5/h6-12,14,16-17,21,26H,13,15H2,1-5H3,(H,29,32). The fraction of sp³-hybridized carbons (Fsp3) is 0.357. The number of amides is 2. The summed E-state index contributed by atoms with van der Waals surface area (Å²) < 4.78 is 5.54. The quantitative estimate of drug-likeness (QED) is 0.458. The molecule has 5 nitrogen and oxygen atoms in total. The van der Waals surface area contributed by atoms with Gasteiger partial charge in [0, 0.05) is 17.0 Å². The highest BCUT2D eigenvalue weighted by Crippen LogP contribution is 2.42. The molecule has 0 aliphatic carbocycles. The number of anilines is 2. The molecule has 1 aliphatic heterocycles. The van der Waals surface area contributed by atoms with Gasteiger partial charge in [-0.15, -0.1) is 11.3 Å². The SMILES string of the molecule is COc1ccc(C(C)(C)C)cc1NC(=O)C1CCC(=O)N(c2ccc(C)cc2)C1c1cccs1. The van der Waals surface area contributed by atoms with Crippen molar-refractivity contribution in [3.8, 4) is 5.75 Å². The summed E-state index contributed by atoms with van der Waals surface area (Å²) in [6.45, 7) is 8.44. The van der Waals surface area contributed by atoms with Crippen LogP contribution in [-0.4, -0.2) is 18.9 Å². The zero-order valence-corrected chi connectivity index (χ0v) is 21.2. The van der Waals surface area contributed by atoms with Crippen LogP contribution in [0.25, 0.3) is 0 Å². The smallest absolute Gasteiger partial charge is 0.230 e. The van der Waals surface area contributed by atoms with Gasteiger partial charge in [0.2, 0.25) is 11.8 Å². The Labute approximate surface area is 205 Å². The molecule has 2 unspecified atom stereocenters. The fourth-order valence-corrected chi connectivity index (χ4v) is 5.34. The van der Waals surface area contributed by atoms with E-state index in [-0.39, 0.29) is 29.2 Å². The van der Waals surface area contributed by atoms with E-state index in [1.54, 1.807) is 18.4 Å². The lowest BCUT2D eigenvalue weighted by Gasteiger charge is -2.40. The molecule has 34 heavy (non-hydrogen) atoms. The second-order valence-corrected chi connectivity index (χ2v) is 10.8. The minimum absolute atomic E-state index is 0.0404. The van der Waals surface area contributed by atoms with E-state index in [0.717, 1.165) is 21.7 Å². The second-order valence-electron chi connectivity index (χ2n) is 9.86. The van der Waals surface area contributed by atoms with Gasteiger partial charge in [0.25, 0.3) is 0 Å². The van der Waals surface area contributed by atoms with Gasteiger partial charge in [-0.3, -0.25) is 9.59 Å². The average molecular weight is 477 g/mol. The summed E-state index contributed by atoms with van der Waals surface area (Å²) in [6.07, 6.45) is 0.823. The Balaban J connectivity index is 1.71. The molecule has 178 valence electrons. The van der Waals surface area contributed by atoms with Gasteiger partial charge in [0.05, 0.1) is 24.8 Å². The molecule has 1 aliphatic rings. The summed E-state index contributed by atoms with van der Waals surface area (Å²) in [5, 5.41) is 5.13. The molecule has 0 spiro atoms. The molecule has 4 rings (SSSR count). The first kappa shape index (κ1) is 24.0. The number of nitrogens with zero attached hydrogens (tertiary/aromatic N) is 1. The molecule has 1 fully saturated rings. The van der Waals surface area contributed by atoms with E-state index in [1.165, 1.54) is 0 Å². The first-order valence-corrected chi connectivity index (χ1v) is 12.5. The summed E-state index contributed by atoms with van der Waals surface area (Å²) in [7, 11) is 1.61. The molecule has 1 saturated heterocycles. The largest absolute Gasteiger partial charge is 0.495 e. The van der Waals surface area contributed by atoms with Crippen molar-refractivity contribution in [3.05, 3.63) is 76.0 Å². The Morgan fingerprint density at radius 2 is 1.85 bits per heavy atom. The van der Waals surface area contributed by atoms with E-state index in [2.05, 4.69) is 26.1 Å². The molecule has 2 heterocycles. The van der Waals surface area contributed by atoms with Crippen molar-refractivity contribution in [1.82, 2.24) is 0 Å². The third kappa shape index (κ3) is 4.87. The maximum absolute atomic E-state index is 13.7. The Bertz CT molecular complexity index is 1160. The molecule has 0 radical (unpaired) electrons. The number of carbonyl (C=O) groups is 2. The van der Waals surface area contributed by atoms with Crippen LogP contribution in [0.15, 0.2) is 60.0 Å². The topological polar surface area (TPSA) is 58.6 Å². The van der Waals surface area contributed by atoms with Crippen LogP contribution in [0, 0.1) is 12.8 Å². The normalized spacial score (nSPS) is 18.6. The van der Waals surface area contributed by atoms with Gasteiger partial charge < -0.3 is 15.0 Å². The van der Waals surface area contributed by atoms with Gasteiger partial charge in [-0.2, -0.15) is 0 Å². The predicted molar refractivity (Wildman–Crippen MR) is 139 cm³/mol. The van der Waals surface area contributed by atoms with Gasteiger partial charge in [0.1, 0.15) is 5.75 Å². The maximum Gasteiger partial charge on any atom is 0.230 e. The van der Waals surface area contributed by atoms with Gasteiger partial charge in [0.15, 0.2) is 0 Å². The molecule has 2 aromatic carbocycles. The van der Waals surface area contributed by atoms with Crippen molar-refractivity contribution in [3.63, 3.8) is 0 Å². The summed E-state index contributed by atoms with van der Waals surface area (Å²) in [5.41, 5.74) is 3.65. The zero-order chi connectivity index (χ0) is 24.5. The molecule has 2 amide bonds. The third-order valence-corrected chi connectivity index (χ3v) is 7.35. The zero-order valence-electron chi connectivity index (χ0n) is 20.4. The van der Waals surface area contributed by atoms with E-state index in [0.29, 0.717) is 24.3 Å². The molecular weight excluding hydrogens is 444 g/mol. The predicted octanol–water partition coefficient (Wildman–Crippen LogP) is 6.49. The number of hydrogen-bond donors (Lipinski definition) is 1. The van der Waals surface area contributed by atoms with Gasteiger partial charge in [-0.05, 0) is 60.0 Å². The van der Waals surface area contributed by atoms with Crippen LogP contribution in [0.5, 0.6) is 5.75 Å². The molecule has 1 aromatic heterocycles. The summed E-state index contributed by atoms with van der Waals surface area (Å²) in [5.74, 6) is 0.169. The summed E-state index contributed by atoms with van der Waals surface area (Å²) in [4.78, 5) is 29.7. The molecule has 0 bridgehead atoms. The van der Waals surface area contributed by atoms with Crippen LogP contribution in [-0.2, 0) is 15.0 Å². The van der Waals surface area contributed by atoms with E-state index < -0.39 is 0 Å². The van der Waals surface area contributed by atoms with Crippen LogP contribution in [0.4, 0.5) is 11.4 Å². The van der Waals surface area contributed by atoms with Crippen LogP contribution < -0.4 is 15.0 Å². The minimum Gasteiger partial charge on any atom is -0.495 e. The summed E-state index contributed by atoms with van der Waals surface area (Å²) >= 11 is 1.58. The lowest BCUT2D eigenvalue weighted by atomic mass is 9.85. The van der Waals surface area contributed by atoms with Gasteiger partial charge in [-0.1, -0.05) is 50.6 Å². The first-order valence-electron chi connectivity index (χ1n) is 11.6. The van der Waals surface area contributed by atoms with Crippen molar-refractivity contribution in [2.75, 3.05) is 17.3 Å². The number of nitrogens with one attached hydrogen (secondary N) is 1. The Morgan fingerprint density at radius 1 is 1.12 bits per heavy atom. The Kier molecular flexibility index (Phi) is 6.80. The summed E-state index contributed by atoms with van der Waals surface area (Å²) in [6, 6.07) is 17.5. The monoisotopic (exact) mass is 476 g/mol. The van der Waals surface area contributed by atoms with Crippen molar-refractivity contribution in [2.24, 2.45) is 5.92 Å². The van der Waals surface area contributed by atoms with E-state index in [4.69, 9.17) is 4.74 Å². The third-order valence-electron chi connectivity index (χ3n) is 6.40. The Morgan fingerprint density at radius 3 is 2.47 bits per heavy atom. The molecule has 0 saturated carbocycles. The van der Waals surface area contributed by atoms with Gasteiger partial charge >= 0.3 is 0 Å². The highest BCUT2D eigenvalue weighted by Gasteiger charge is 2.42. The fourth-order valence-electron chi connectivity index (χ4n) is 4.46. The van der Waals surface area contributed by atoms with E-state index in [1.807, 2.05) is 71.8 Å². The number of piperidine rings is 1. The minimum atomic E-state index is -0.388. The molecular formula is C28H32N2O3S. The number of thiophene rings is 1. The van der Waals surface area contributed by atoms with Crippen molar-refractivity contribution >= 4 is 34.5 Å². The second kappa shape index (κ2) is 9.63. The van der Waals surface area contributed by atoms with E-state index >= 15 is 0 Å². The van der Waals surface area contributed by atoms with Crippen LogP contribution in [0.2, 0.25) is 0 Å². The Hall–Kier alpha value is -3.12.